The van der Waals surface area contributed by atoms with E-state index in [-0.39, 0.29) is 0 Å². The van der Waals surface area contributed by atoms with Crippen molar-refractivity contribution in [3.63, 3.8) is 0 Å². The van der Waals surface area contributed by atoms with Gasteiger partial charge in [-0.25, -0.2) is 0 Å². The summed E-state index contributed by atoms with van der Waals surface area (Å²) >= 11 is 0. The predicted octanol–water partition coefficient (Wildman–Crippen LogP) is 1.39. The van der Waals surface area contributed by atoms with Gasteiger partial charge in [0, 0.05) is 18.3 Å². The molecule has 0 saturated heterocycles. The van der Waals surface area contributed by atoms with Crippen molar-refractivity contribution in [2.24, 2.45) is 0 Å². The first-order valence-electron chi connectivity index (χ1n) is 3.89. The fourth-order valence-corrected chi connectivity index (χ4v) is 1.37. The molecule has 60 valence electrons. The Balaban J connectivity index is 2.41. The molecule has 0 aromatic carbocycles. The summed E-state index contributed by atoms with van der Waals surface area (Å²) in [6, 6.07) is 0. The van der Waals surface area contributed by atoms with E-state index in [1.807, 2.05) is 35.4 Å². The summed E-state index contributed by atoms with van der Waals surface area (Å²) in [5, 5.41) is 0. The molecule has 0 aliphatic carbocycles. The van der Waals surface area contributed by atoms with E-state index >= 15 is 0 Å². The fraction of sp³-hybridized carbons (Fsp3) is 0.100. The minimum Gasteiger partial charge on any atom is -0.344 e. The first-order valence-corrected chi connectivity index (χ1v) is 3.89. The SMILES string of the molecule is O=CC1=CC=CN2CC=CC=C12. The third kappa shape index (κ3) is 1.01. The molecule has 0 aromatic heterocycles. The molecule has 2 aliphatic heterocycles. The van der Waals surface area contributed by atoms with E-state index in [1.54, 1.807) is 0 Å². The van der Waals surface area contributed by atoms with Crippen molar-refractivity contribution >= 4 is 6.29 Å². The van der Waals surface area contributed by atoms with Crippen LogP contribution in [0.15, 0.2) is 47.9 Å². The summed E-state index contributed by atoms with van der Waals surface area (Å²) < 4.78 is 0. The lowest BCUT2D eigenvalue weighted by atomic mass is 10.1. The first-order chi connectivity index (χ1) is 5.92. The molecule has 0 atom stereocenters. The molecule has 2 heterocycles. The van der Waals surface area contributed by atoms with E-state index in [0.29, 0.717) is 0 Å². The van der Waals surface area contributed by atoms with Gasteiger partial charge in [-0.15, -0.1) is 0 Å². The summed E-state index contributed by atoms with van der Waals surface area (Å²) in [7, 11) is 0. The molecule has 0 unspecified atom stereocenters. The monoisotopic (exact) mass is 159 g/mol. The van der Waals surface area contributed by atoms with Gasteiger partial charge < -0.3 is 4.90 Å². The molecule has 2 aliphatic rings. The highest BCUT2D eigenvalue weighted by Crippen LogP contribution is 2.21. The van der Waals surface area contributed by atoms with Gasteiger partial charge >= 0.3 is 0 Å². The maximum atomic E-state index is 10.6. The fourth-order valence-electron chi connectivity index (χ4n) is 1.37. The maximum absolute atomic E-state index is 10.6. The molecule has 12 heavy (non-hydrogen) atoms. The summed E-state index contributed by atoms with van der Waals surface area (Å²) in [5.74, 6) is 0. The van der Waals surface area contributed by atoms with Crippen molar-refractivity contribution < 1.29 is 4.79 Å². The zero-order valence-corrected chi connectivity index (χ0v) is 6.60. The maximum Gasteiger partial charge on any atom is 0.152 e. The molecule has 0 amide bonds. The molecule has 0 aromatic rings. The van der Waals surface area contributed by atoms with E-state index < -0.39 is 0 Å². The van der Waals surface area contributed by atoms with Crippen molar-refractivity contribution in [3.05, 3.63) is 47.9 Å². The second-order valence-corrected chi connectivity index (χ2v) is 2.71. The Labute approximate surface area is 71.2 Å². The van der Waals surface area contributed by atoms with E-state index in [4.69, 9.17) is 0 Å². The van der Waals surface area contributed by atoms with Gasteiger partial charge in [-0.05, 0) is 18.2 Å². The number of carbonyl (C=O) groups excluding carboxylic acids is 1. The van der Waals surface area contributed by atoms with Crippen molar-refractivity contribution in [1.82, 2.24) is 4.90 Å². The van der Waals surface area contributed by atoms with Crippen molar-refractivity contribution in [1.29, 1.82) is 0 Å². The van der Waals surface area contributed by atoms with E-state index in [9.17, 15) is 4.79 Å². The lowest BCUT2D eigenvalue weighted by Gasteiger charge is -2.26. The molecule has 0 spiro atoms. The van der Waals surface area contributed by atoms with Crippen molar-refractivity contribution in [2.75, 3.05) is 6.54 Å². The quantitative estimate of drug-likeness (QED) is 0.539. The van der Waals surface area contributed by atoms with Gasteiger partial charge in [0.05, 0.1) is 5.70 Å². The molecule has 2 heteroatoms. The number of rotatable bonds is 1. The highest BCUT2D eigenvalue weighted by molar-refractivity contribution is 5.81. The normalized spacial score (nSPS) is 19.8. The van der Waals surface area contributed by atoms with E-state index in [0.717, 1.165) is 24.1 Å². The second-order valence-electron chi connectivity index (χ2n) is 2.71. The standard InChI is InChI=1S/C10H9NO/c12-8-9-4-3-7-11-6-2-1-5-10(9)11/h1-5,7-8H,6H2. The van der Waals surface area contributed by atoms with Crippen molar-refractivity contribution in [2.45, 2.75) is 0 Å². The minimum atomic E-state index is 0.752. The largest absolute Gasteiger partial charge is 0.344 e. The molecule has 0 fully saturated rings. The number of allylic oxidation sites excluding steroid dienone is 5. The Morgan fingerprint density at radius 3 is 3.08 bits per heavy atom. The number of aldehydes is 1. The predicted molar refractivity (Wildman–Crippen MR) is 47.2 cm³/mol. The topological polar surface area (TPSA) is 20.3 Å². The van der Waals surface area contributed by atoms with Gasteiger partial charge in [0.15, 0.2) is 6.29 Å². The van der Waals surface area contributed by atoms with Crippen LogP contribution in [0.25, 0.3) is 0 Å². The molecular weight excluding hydrogens is 150 g/mol. The van der Waals surface area contributed by atoms with Crippen LogP contribution in [0.3, 0.4) is 0 Å². The van der Waals surface area contributed by atoms with Crippen LogP contribution in [0.4, 0.5) is 0 Å². The Hall–Kier alpha value is -1.57. The Morgan fingerprint density at radius 2 is 2.25 bits per heavy atom. The van der Waals surface area contributed by atoms with Crippen LogP contribution in [-0.2, 0) is 4.79 Å². The molecule has 0 radical (unpaired) electrons. The number of carbonyl (C=O) groups is 1. The third-order valence-electron chi connectivity index (χ3n) is 1.97. The number of hydrogen-bond donors (Lipinski definition) is 0. The zero-order valence-electron chi connectivity index (χ0n) is 6.60. The number of nitrogens with zero attached hydrogens (tertiary/aromatic N) is 1. The summed E-state index contributed by atoms with van der Waals surface area (Å²) in [6.45, 7) is 0.855. The van der Waals surface area contributed by atoms with Gasteiger partial charge in [0.1, 0.15) is 0 Å². The number of hydrogen-bond acceptors (Lipinski definition) is 2. The number of fused-ring (bicyclic) bond motifs is 1. The third-order valence-corrected chi connectivity index (χ3v) is 1.97. The molecule has 0 saturated carbocycles. The Morgan fingerprint density at radius 1 is 1.33 bits per heavy atom. The smallest absolute Gasteiger partial charge is 0.152 e. The van der Waals surface area contributed by atoms with Gasteiger partial charge in [-0.2, -0.15) is 0 Å². The van der Waals surface area contributed by atoms with Crippen molar-refractivity contribution in [3.8, 4) is 0 Å². The molecular formula is C10H9NO. The van der Waals surface area contributed by atoms with Gasteiger partial charge in [0.2, 0.25) is 0 Å². The minimum absolute atomic E-state index is 0.752. The van der Waals surface area contributed by atoms with Gasteiger partial charge in [0.25, 0.3) is 0 Å². The van der Waals surface area contributed by atoms with Crippen LogP contribution in [-0.4, -0.2) is 17.7 Å². The van der Waals surface area contributed by atoms with E-state index in [2.05, 4.69) is 6.08 Å². The summed E-state index contributed by atoms with van der Waals surface area (Å²) in [6.07, 6.45) is 12.6. The Bertz CT molecular complexity index is 321. The summed E-state index contributed by atoms with van der Waals surface area (Å²) in [5.41, 5.74) is 1.75. The lowest BCUT2D eigenvalue weighted by Crippen LogP contribution is -2.22. The van der Waals surface area contributed by atoms with Crippen LogP contribution in [0, 0.1) is 0 Å². The highest BCUT2D eigenvalue weighted by Gasteiger charge is 2.13. The molecule has 0 bridgehead atoms. The van der Waals surface area contributed by atoms with Crippen LogP contribution >= 0.6 is 0 Å². The average molecular weight is 159 g/mol. The molecule has 2 nitrogen and oxygen atoms in total. The van der Waals surface area contributed by atoms with Gasteiger partial charge in [-0.1, -0.05) is 12.2 Å². The zero-order chi connectivity index (χ0) is 8.39. The lowest BCUT2D eigenvalue weighted by molar-refractivity contribution is -0.104. The average Bonchev–Trinajstić information content (AvgIpc) is 2.17. The van der Waals surface area contributed by atoms with Crippen LogP contribution in [0.1, 0.15) is 0 Å². The van der Waals surface area contributed by atoms with E-state index in [1.165, 1.54) is 0 Å². The molecule has 2 rings (SSSR count). The molecule has 0 N–H and O–H groups in total. The first kappa shape index (κ1) is 7.10. The van der Waals surface area contributed by atoms with Crippen LogP contribution in [0.2, 0.25) is 0 Å². The highest BCUT2D eigenvalue weighted by atomic mass is 16.1. The van der Waals surface area contributed by atoms with Crippen LogP contribution < -0.4 is 0 Å². The van der Waals surface area contributed by atoms with Crippen LogP contribution in [0.5, 0.6) is 0 Å². The second kappa shape index (κ2) is 2.81. The summed E-state index contributed by atoms with van der Waals surface area (Å²) in [4.78, 5) is 12.7. The van der Waals surface area contributed by atoms with Gasteiger partial charge in [-0.3, -0.25) is 4.79 Å². The Kier molecular flexibility index (Phi) is 1.67.